The van der Waals surface area contributed by atoms with Gasteiger partial charge in [0.1, 0.15) is 5.69 Å². The van der Waals surface area contributed by atoms with E-state index in [9.17, 15) is 14.9 Å². The average Bonchev–Trinajstić information content (AvgIpc) is 2.20. The highest BCUT2D eigenvalue weighted by atomic mass is 79.9. The molecule has 1 aromatic heterocycles. The lowest BCUT2D eigenvalue weighted by molar-refractivity contribution is -0.386. The molecule has 6 nitrogen and oxygen atoms in total. The van der Waals surface area contributed by atoms with E-state index in [2.05, 4.69) is 20.9 Å². The van der Waals surface area contributed by atoms with Crippen molar-refractivity contribution in [3.63, 3.8) is 0 Å². The van der Waals surface area contributed by atoms with Crippen LogP contribution in [0, 0.1) is 16.0 Å². The molecule has 1 unspecified atom stereocenters. The van der Waals surface area contributed by atoms with Crippen LogP contribution >= 0.6 is 15.9 Å². The molecule has 0 fully saturated rings. The number of carboxylic acids is 1. The van der Waals surface area contributed by atoms with Crippen molar-refractivity contribution >= 4 is 27.6 Å². The van der Waals surface area contributed by atoms with Gasteiger partial charge in [-0.3, -0.25) is 19.9 Å². The van der Waals surface area contributed by atoms with Crippen molar-refractivity contribution in [2.75, 3.05) is 0 Å². The molecule has 0 aromatic carbocycles. The van der Waals surface area contributed by atoms with Crippen LogP contribution in [0.1, 0.15) is 12.6 Å². The first-order valence-corrected chi connectivity index (χ1v) is 5.22. The average molecular weight is 289 g/mol. The third-order valence-corrected chi connectivity index (χ3v) is 2.47. The van der Waals surface area contributed by atoms with E-state index in [0.29, 0.717) is 4.47 Å². The molecule has 0 aliphatic heterocycles. The van der Waals surface area contributed by atoms with E-state index < -0.39 is 16.8 Å². The largest absolute Gasteiger partial charge is 0.481 e. The first-order valence-electron chi connectivity index (χ1n) is 4.43. The molecule has 0 aliphatic carbocycles. The Balaban J connectivity index is 3.04. The summed E-state index contributed by atoms with van der Waals surface area (Å²) in [5.74, 6) is -1.70. The van der Waals surface area contributed by atoms with Gasteiger partial charge in [0.15, 0.2) is 0 Å². The first-order chi connectivity index (χ1) is 7.41. The molecule has 16 heavy (non-hydrogen) atoms. The molecular weight excluding hydrogens is 280 g/mol. The summed E-state index contributed by atoms with van der Waals surface area (Å²) >= 11 is 3.08. The molecule has 0 radical (unpaired) electrons. The van der Waals surface area contributed by atoms with Gasteiger partial charge in [0.2, 0.25) is 0 Å². The van der Waals surface area contributed by atoms with Crippen molar-refractivity contribution in [3.8, 4) is 0 Å². The second kappa shape index (κ2) is 5.02. The van der Waals surface area contributed by atoms with Gasteiger partial charge in [0.25, 0.3) is 5.69 Å². The van der Waals surface area contributed by atoms with Gasteiger partial charge in [0, 0.05) is 23.2 Å². The summed E-state index contributed by atoms with van der Waals surface area (Å²) in [4.78, 5) is 24.7. The molecule has 0 bridgehead atoms. The monoisotopic (exact) mass is 288 g/mol. The quantitative estimate of drug-likeness (QED) is 0.676. The Morgan fingerprint density at radius 2 is 2.38 bits per heavy atom. The number of aromatic nitrogens is 1. The summed E-state index contributed by atoms with van der Waals surface area (Å²) in [6.45, 7) is 1.48. The van der Waals surface area contributed by atoms with Crippen molar-refractivity contribution in [3.05, 3.63) is 32.5 Å². The van der Waals surface area contributed by atoms with Crippen LogP contribution in [0.15, 0.2) is 16.7 Å². The molecular formula is C9H9BrN2O4. The van der Waals surface area contributed by atoms with Gasteiger partial charge in [-0.1, -0.05) is 6.92 Å². The van der Waals surface area contributed by atoms with Crippen molar-refractivity contribution in [1.29, 1.82) is 0 Å². The number of nitrogens with zero attached hydrogens (tertiary/aromatic N) is 2. The minimum Gasteiger partial charge on any atom is -0.481 e. The molecule has 0 aliphatic rings. The van der Waals surface area contributed by atoms with E-state index in [0.717, 1.165) is 0 Å². The third-order valence-electron chi connectivity index (χ3n) is 2.03. The van der Waals surface area contributed by atoms with Crippen molar-refractivity contribution < 1.29 is 14.8 Å². The Hall–Kier alpha value is -1.50. The van der Waals surface area contributed by atoms with Crippen LogP contribution in [0.2, 0.25) is 0 Å². The molecule has 1 heterocycles. The number of hydrogen-bond donors (Lipinski definition) is 1. The van der Waals surface area contributed by atoms with E-state index in [1.165, 1.54) is 19.2 Å². The molecule has 0 saturated carbocycles. The lowest BCUT2D eigenvalue weighted by Gasteiger charge is -2.05. The highest BCUT2D eigenvalue weighted by molar-refractivity contribution is 9.10. The third kappa shape index (κ3) is 2.99. The van der Waals surface area contributed by atoms with Crippen LogP contribution < -0.4 is 0 Å². The van der Waals surface area contributed by atoms with E-state index in [-0.39, 0.29) is 17.8 Å². The number of pyridine rings is 1. The fraction of sp³-hybridized carbons (Fsp3) is 0.333. The molecule has 1 rings (SSSR count). The minimum atomic E-state index is -1.00. The van der Waals surface area contributed by atoms with Crippen molar-refractivity contribution in [2.45, 2.75) is 13.3 Å². The van der Waals surface area contributed by atoms with Gasteiger partial charge in [-0.2, -0.15) is 0 Å². The van der Waals surface area contributed by atoms with E-state index in [4.69, 9.17) is 5.11 Å². The summed E-state index contributed by atoms with van der Waals surface area (Å²) in [7, 11) is 0. The molecule has 1 N–H and O–H groups in total. The van der Waals surface area contributed by atoms with Crippen LogP contribution in [0.4, 0.5) is 5.69 Å². The van der Waals surface area contributed by atoms with Crippen molar-refractivity contribution in [2.24, 2.45) is 5.92 Å². The molecule has 0 amide bonds. The highest BCUT2D eigenvalue weighted by Crippen LogP contribution is 2.23. The number of aliphatic carboxylic acids is 1. The zero-order valence-electron chi connectivity index (χ0n) is 8.38. The van der Waals surface area contributed by atoms with Crippen LogP contribution in [0.25, 0.3) is 0 Å². The number of carbonyl (C=O) groups is 1. The number of rotatable bonds is 4. The highest BCUT2D eigenvalue weighted by Gasteiger charge is 2.21. The predicted octanol–water partition coefficient (Wildman–Crippen LogP) is 2.02. The first kappa shape index (κ1) is 12.6. The maximum atomic E-state index is 10.7. The fourth-order valence-corrected chi connectivity index (χ4v) is 1.47. The SMILES string of the molecule is CC(Cc1ncc(Br)cc1[N+](=O)[O-])C(=O)O. The summed E-state index contributed by atoms with van der Waals surface area (Å²) in [5.41, 5.74) is 0.0191. The van der Waals surface area contributed by atoms with E-state index >= 15 is 0 Å². The van der Waals surface area contributed by atoms with E-state index in [1.54, 1.807) is 0 Å². The van der Waals surface area contributed by atoms with Gasteiger partial charge in [-0.15, -0.1) is 0 Å². The van der Waals surface area contributed by atoms with Gasteiger partial charge < -0.3 is 5.11 Å². The summed E-state index contributed by atoms with van der Waals surface area (Å²) in [6.07, 6.45) is 1.45. The van der Waals surface area contributed by atoms with Gasteiger partial charge in [-0.25, -0.2) is 0 Å². The fourth-order valence-electron chi connectivity index (χ4n) is 1.15. The number of halogens is 1. The van der Waals surface area contributed by atoms with Crippen LogP contribution in [0.3, 0.4) is 0 Å². The smallest absolute Gasteiger partial charge is 0.306 e. The van der Waals surface area contributed by atoms with E-state index in [1.807, 2.05) is 0 Å². The molecule has 7 heteroatoms. The molecule has 0 spiro atoms. The van der Waals surface area contributed by atoms with Crippen LogP contribution in [0.5, 0.6) is 0 Å². The zero-order valence-corrected chi connectivity index (χ0v) is 9.97. The number of hydrogen-bond acceptors (Lipinski definition) is 4. The Labute approximate surface area is 99.6 Å². The lowest BCUT2D eigenvalue weighted by atomic mass is 10.0. The topological polar surface area (TPSA) is 93.3 Å². The van der Waals surface area contributed by atoms with Crippen molar-refractivity contribution in [1.82, 2.24) is 4.98 Å². The van der Waals surface area contributed by atoms with Gasteiger partial charge >= 0.3 is 5.97 Å². The number of nitro groups is 1. The Kier molecular flexibility index (Phi) is 3.94. The standard InChI is InChI=1S/C9H9BrN2O4/c1-5(9(13)14)2-7-8(12(15)16)3-6(10)4-11-7/h3-5H,2H2,1H3,(H,13,14). The lowest BCUT2D eigenvalue weighted by Crippen LogP contribution is -2.14. The Morgan fingerprint density at radius 1 is 1.75 bits per heavy atom. The molecule has 1 aromatic rings. The summed E-state index contributed by atoms with van der Waals surface area (Å²) in [6, 6.07) is 1.32. The summed E-state index contributed by atoms with van der Waals surface area (Å²) in [5, 5.41) is 19.4. The Bertz CT molecular complexity index is 436. The van der Waals surface area contributed by atoms with Crippen LogP contribution in [-0.2, 0) is 11.2 Å². The second-order valence-electron chi connectivity index (χ2n) is 3.32. The maximum absolute atomic E-state index is 10.7. The zero-order chi connectivity index (χ0) is 12.3. The number of carboxylic acid groups (broad SMARTS) is 1. The minimum absolute atomic E-state index is 0.0406. The Morgan fingerprint density at radius 3 is 2.88 bits per heavy atom. The second-order valence-corrected chi connectivity index (χ2v) is 4.24. The molecule has 86 valence electrons. The van der Waals surface area contributed by atoms with Gasteiger partial charge in [0.05, 0.1) is 10.8 Å². The normalized spacial score (nSPS) is 12.1. The molecule has 1 atom stereocenters. The maximum Gasteiger partial charge on any atom is 0.306 e. The molecule has 0 saturated heterocycles. The summed E-state index contributed by atoms with van der Waals surface area (Å²) < 4.78 is 0.492. The predicted molar refractivity (Wildman–Crippen MR) is 59.1 cm³/mol. The van der Waals surface area contributed by atoms with Crippen LogP contribution in [-0.4, -0.2) is 21.0 Å². The van der Waals surface area contributed by atoms with Gasteiger partial charge in [-0.05, 0) is 15.9 Å².